The van der Waals surface area contributed by atoms with E-state index >= 15 is 0 Å². The van der Waals surface area contributed by atoms with E-state index in [1.165, 1.54) is 5.57 Å². The molecule has 1 heterocycles. The summed E-state index contributed by atoms with van der Waals surface area (Å²) in [4.78, 5) is 11.6. The Hall–Kier alpha value is -1.09. The molecule has 1 fully saturated rings. The molecule has 1 rings (SSSR count). The fraction of sp³-hybridized carbons (Fsp3) is 0.643. The Bertz CT molecular complexity index is 322. The van der Waals surface area contributed by atoms with Gasteiger partial charge >= 0.3 is 0 Å². The molecule has 3 heteroatoms. The van der Waals surface area contributed by atoms with Crippen LogP contribution in [0.3, 0.4) is 0 Å². The third kappa shape index (κ3) is 4.73. The molecule has 0 aliphatic carbocycles. The van der Waals surface area contributed by atoms with Gasteiger partial charge in [0.2, 0.25) is 5.91 Å². The Kier molecular flexibility index (Phi) is 4.15. The molecule has 0 aromatic heterocycles. The van der Waals surface area contributed by atoms with E-state index in [-0.39, 0.29) is 17.0 Å². The van der Waals surface area contributed by atoms with E-state index in [2.05, 4.69) is 44.9 Å². The summed E-state index contributed by atoms with van der Waals surface area (Å²) in [6.45, 7) is 12.8. The van der Waals surface area contributed by atoms with Crippen LogP contribution in [0.1, 0.15) is 40.5 Å². The third-order valence-corrected chi connectivity index (χ3v) is 2.77. The van der Waals surface area contributed by atoms with Crippen LogP contribution >= 0.6 is 0 Å². The highest BCUT2D eigenvalue weighted by atomic mass is 16.1. The van der Waals surface area contributed by atoms with Crippen LogP contribution in [0.4, 0.5) is 0 Å². The second-order valence-electron chi connectivity index (χ2n) is 6.08. The van der Waals surface area contributed by atoms with Gasteiger partial charge in [-0.25, -0.2) is 0 Å². The van der Waals surface area contributed by atoms with E-state index in [1.54, 1.807) is 12.2 Å². The van der Waals surface area contributed by atoms with Crippen molar-refractivity contribution in [2.24, 2.45) is 0 Å². The second-order valence-corrected chi connectivity index (χ2v) is 6.08. The normalized spacial score (nSPS) is 21.8. The van der Waals surface area contributed by atoms with Gasteiger partial charge in [-0.1, -0.05) is 11.6 Å². The van der Waals surface area contributed by atoms with Gasteiger partial charge in [0.25, 0.3) is 0 Å². The smallest absolute Gasteiger partial charge is 0.244 e. The molecule has 0 aromatic carbocycles. The largest absolute Gasteiger partial charge is 0.349 e. The lowest BCUT2D eigenvalue weighted by molar-refractivity contribution is -0.116. The predicted octanol–water partition coefficient (Wildman–Crippen LogP) is 2.16. The molecule has 1 aliphatic rings. The van der Waals surface area contributed by atoms with Crippen molar-refractivity contribution in [3.63, 3.8) is 0 Å². The molecule has 2 N–H and O–H groups in total. The number of rotatable bonds is 3. The van der Waals surface area contributed by atoms with Crippen molar-refractivity contribution in [1.82, 2.24) is 10.6 Å². The first-order valence-electron chi connectivity index (χ1n) is 6.12. The zero-order valence-electron chi connectivity index (χ0n) is 11.4. The average molecular weight is 236 g/mol. The topological polar surface area (TPSA) is 41.1 Å². The van der Waals surface area contributed by atoms with Crippen LogP contribution in [-0.4, -0.2) is 23.5 Å². The molecule has 0 aromatic rings. The van der Waals surface area contributed by atoms with Crippen LogP contribution in [-0.2, 0) is 4.79 Å². The Morgan fingerprint density at radius 2 is 1.88 bits per heavy atom. The van der Waals surface area contributed by atoms with Gasteiger partial charge in [0, 0.05) is 23.7 Å². The second kappa shape index (κ2) is 5.05. The van der Waals surface area contributed by atoms with Crippen LogP contribution < -0.4 is 10.6 Å². The highest BCUT2D eigenvalue weighted by Gasteiger charge is 2.34. The van der Waals surface area contributed by atoms with E-state index in [0.717, 1.165) is 12.8 Å². The Morgan fingerprint density at radius 1 is 1.35 bits per heavy atom. The first-order chi connectivity index (χ1) is 7.74. The summed E-state index contributed by atoms with van der Waals surface area (Å²) in [6, 6.07) is 0. The van der Waals surface area contributed by atoms with Crippen LogP contribution in [0.5, 0.6) is 0 Å². The standard InChI is InChI=1S/C14H24N2O/c1-6-7-15-12(17)8-11-9-13(2,3)16-14(4,5)10-11/h6,8,16H,1,7,9-10H2,2-5H3,(H,15,17). The zero-order chi connectivity index (χ0) is 13.1. The van der Waals surface area contributed by atoms with Gasteiger partial charge in [-0.05, 0) is 40.5 Å². The predicted molar refractivity (Wildman–Crippen MR) is 71.8 cm³/mol. The fourth-order valence-electron chi connectivity index (χ4n) is 2.71. The van der Waals surface area contributed by atoms with Crippen molar-refractivity contribution in [3.05, 3.63) is 24.3 Å². The molecule has 0 spiro atoms. The third-order valence-electron chi connectivity index (χ3n) is 2.77. The molecule has 0 atom stereocenters. The van der Waals surface area contributed by atoms with E-state index in [1.807, 2.05) is 0 Å². The minimum absolute atomic E-state index is 0.0200. The summed E-state index contributed by atoms with van der Waals surface area (Å²) < 4.78 is 0. The number of hydrogen-bond acceptors (Lipinski definition) is 2. The molecule has 0 bridgehead atoms. The molecule has 17 heavy (non-hydrogen) atoms. The quantitative estimate of drug-likeness (QED) is 0.582. The van der Waals surface area contributed by atoms with E-state index in [9.17, 15) is 4.79 Å². The van der Waals surface area contributed by atoms with Crippen molar-refractivity contribution in [2.75, 3.05) is 6.54 Å². The van der Waals surface area contributed by atoms with Crippen molar-refractivity contribution in [1.29, 1.82) is 0 Å². The van der Waals surface area contributed by atoms with Gasteiger partial charge in [-0.15, -0.1) is 6.58 Å². The maximum Gasteiger partial charge on any atom is 0.244 e. The molecule has 1 aliphatic heterocycles. The Balaban J connectivity index is 2.73. The van der Waals surface area contributed by atoms with Crippen LogP contribution in [0, 0.1) is 0 Å². The van der Waals surface area contributed by atoms with Crippen LogP contribution in [0.15, 0.2) is 24.3 Å². The summed E-state index contributed by atoms with van der Waals surface area (Å²) in [7, 11) is 0. The highest BCUT2D eigenvalue weighted by Crippen LogP contribution is 2.31. The summed E-state index contributed by atoms with van der Waals surface area (Å²) >= 11 is 0. The maximum absolute atomic E-state index is 11.6. The van der Waals surface area contributed by atoms with E-state index < -0.39 is 0 Å². The monoisotopic (exact) mass is 236 g/mol. The minimum atomic E-state index is -0.0200. The number of piperidine rings is 1. The molecule has 3 nitrogen and oxygen atoms in total. The lowest BCUT2D eigenvalue weighted by Crippen LogP contribution is -2.56. The average Bonchev–Trinajstić information content (AvgIpc) is 2.09. The maximum atomic E-state index is 11.6. The van der Waals surface area contributed by atoms with Gasteiger partial charge < -0.3 is 10.6 Å². The molecule has 0 saturated carbocycles. The lowest BCUT2D eigenvalue weighted by atomic mass is 9.79. The summed E-state index contributed by atoms with van der Waals surface area (Å²) in [5.41, 5.74) is 1.30. The molecule has 1 amide bonds. The molecule has 0 radical (unpaired) electrons. The van der Waals surface area contributed by atoms with Crippen molar-refractivity contribution < 1.29 is 4.79 Å². The van der Waals surface area contributed by atoms with Gasteiger partial charge in [0.15, 0.2) is 0 Å². The SMILES string of the molecule is C=CCNC(=O)C=C1CC(C)(C)NC(C)(C)C1. The van der Waals surface area contributed by atoms with Gasteiger partial charge in [-0.2, -0.15) is 0 Å². The number of amides is 1. The van der Waals surface area contributed by atoms with E-state index in [4.69, 9.17) is 0 Å². The van der Waals surface area contributed by atoms with Crippen LogP contribution in [0.2, 0.25) is 0 Å². The van der Waals surface area contributed by atoms with E-state index in [0.29, 0.717) is 6.54 Å². The molecule has 0 unspecified atom stereocenters. The van der Waals surface area contributed by atoms with Gasteiger partial charge in [-0.3, -0.25) is 4.79 Å². The summed E-state index contributed by atoms with van der Waals surface area (Å²) in [5, 5.41) is 6.37. The first kappa shape index (κ1) is 14.0. The number of carbonyl (C=O) groups excluding carboxylic acids is 1. The Morgan fingerprint density at radius 3 is 2.35 bits per heavy atom. The molecule has 96 valence electrons. The fourth-order valence-corrected chi connectivity index (χ4v) is 2.71. The minimum Gasteiger partial charge on any atom is -0.349 e. The summed E-state index contributed by atoms with van der Waals surface area (Å²) in [5.74, 6) is -0.0200. The van der Waals surface area contributed by atoms with Gasteiger partial charge in [0.05, 0.1) is 0 Å². The number of carbonyl (C=O) groups is 1. The van der Waals surface area contributed by atoms with Gasteiger partial charge in [0.1, 0.15) is 0 Å². The van der Waals surface area contributed by atoms with Crippen molar-refractivity contribution >= 4 is 5.91 Å². The number of hydrogen-bond donors (Lipinski definition) is 2. The zero-order valence-corrected chi connectivity index (χ0v) is 11.4. The lowest BCUT2D eigenvalue weighted by Gasteiger charge is -2.43. The molecular weight excluding hydrogens is 212 g/mol. The molecule has 1 saturated heterocycles. The molecular formula is C14H24N2O. The number of nitrogens with one attached hydrogen (secondary N) is 2. The van der Waals surface area contributed by atoms with Crippen molar-refractivity contribution in [2.45, 2.75) is 51.6 Å². The van der Waals surface area contributed by atoms with Crippen molar-refractivity contribution in [3.8, 4) is 0 Å². The Labute approximate surface area is 104 Å². The highest BCUT2D eigenvalue weighted by molar-refractivity contribution is 5.88. The summed E-state index contributed by atoms with van der Waals surface area (Å²) in [6.07, 6.45) is 5.26. The van der Waals surface area contributed by atoms with Crippen LogP contribution in [0.25, 0.3) is 0 Å². The first-order valence-corrected chi connectivity index (χ1v) is 6.12.